The molecule has 1 amide bonds. The minimum Gasteiger partial charge on any atom is -1.00 e. The summed E-state index contributed by atoms with van der Waals surface area (Å²) in [7, 11) is 0. The van der Waals surface area contributed by atoms with Gasteiger partial charge in [-0.1, -0.05) is 0 Å². The van der Waals surface area contributed by atoms with E-state index in [1.807, 2.05) is 0 Å². The number of halogens is 1. The van der Waals surface area contributed by atoms with Crippen LogP contribution in [0.4, 0.5) is 0 Å². The number of nitrogens with zero attached hydrogens (tertiary/aromatic N) is 1. The van der Waals surface area contributed by atoms with Crippen LogP contribution in [0, 0.1) is 0 Å². The number of nitrogens with one attached hydrogen (secondary N) is 1. The lowest BCUT2D eigenvalue weighted by molar-refractivity contribution is -0.0000126. The van der Waals surface area contributed by atoms with E-state index in [1.165, 1.54) is 6.20 Å². The number of aliphatic hydroxyl groups is 1. The summed E-state index contributed by atoms with van der Waals surface area (Å²) in [6, 6.07) is 3.40. The Bertz CT molecular complexity index is 267. The van der Waals surface area contributed by atoms with Crippen molar-refractivity contribution in [3.05, 3.63) is 30.1 Å². The molecule has 2 N–H and O–H groups in total. The summed E-state index contributed by atoms with van der Waals surface area (Å²) >= 11 is 0. The topological polar surface area (TPSA) is 62.2 Å². The zero-order valence-corrected chi connectivity index (χ0v) is 8.37. The van der Waals surface area contributed by atoms with E-state index >= 15 is 0 Å². The van der Waals surface area contributed by atoms with Crippen molar-refractivity contribution in [1.82, 2.24) is 10.3 Å². The second-order valence-electron chi connectivity index (χ2n) is 2.57. The van der Waals surface area contributed by atoms with Crippen LogP contribution in [0.15, 0.2) is 24.5 Å². The van der Waals surface area contributed by atoms with Crippen LogP contribution in [0.1, 0.15) is 16.8 Å². The van der Waals surface area contributed by atoms with Crippen molar-refractivity contribution >= 4 is 5.91 Å². The van der Waals surface area contributed by atoms with Crippen LogP contribution in [0.25, 0.3) is 0 Å². The first-order chi connectivity index (χ1) is 6.34. The first-order valence-corrected chi connectivity index (χ1v) is 4.13. The highest BCUT2D eigenvalue weighted by Gasteiger charge is 2.02. The van der Waals surface area contributed by atoms with Gasteiger partial charge in [-0.3, -0.25) is 9.78 Å². The number of aromatic nitrogens is 1. The molecular weight excluding hydrogens is 204 g/mol. The molecule has 1 aromatic heterocycles. The second kappa shape index (κ2) is 7.29. The number of aliphatic hydroxyl groups excluding tert-OH is 1. The normalized spacial score (nSPS) is 8.93. The molecule has 78 valence electrons. The van der Waals surface area contributed by atoms with Gasteiger partial charge in [0.15, 0.2) is 0 Å². The summed E-state index contributed by atoms with van der Waals surface area (Å²) in [5.41, 5.74) is 0.542. The van der Waals surface area contributed by atoms with Crippen LogP contribution in [0.3, 0.4) is 0 Å². The van der Waals surface area contributed by atoms with Gasteiger partial charge in [0.25, 0.3) is 5.91 Å². The van der Waals surface area contributed by atoms with Crippen LogP contribution < -0.4 is 17.7 Å². The predicted octanol–water partition coefficient (Wildman–Crippen LogP) is -2.80. The number of amides is 1. The monoisotopic (exact) mass is 215 g/mol. The van der Waals surface area contributed by atoms with E-state index in [4.69, 9.17) is 5.11 Å². The molecule has 0 aliphatic carbocycles. The molecule has 0 aromatic carbocycles. The fourth-order valence-corrected chi connectivity index (χ4v) is 0.880. The Morgan fingerprint density at radius 2 is 2.36 bits per heavy atom. The van der Waals surface area contributed by atoms with Gasteiger partial charge < -0.3 is 22.8 Å². The van der Waals surface area contributed by atoms with Crippen molar-refractivity contribution in [3.63, 3.8) is 0 Å². The van der Waals surface area contributed by atoms with Crippen molar-refractivity contribution in [3.8, 4) is 0 Å². The van der Waals surface area contributed by atoms with E-state index in [0.29, 0.717) is 18.5 Å². The Morgan fingerprint density at radius 1 is 1.57 bits per heavy atom. The molecule has 1 rings (SSSR count). The standard InChI is InChI=1S/C9H12N2O2.ClH/c12-6-2-5-11-9(13)8-3-1-4-10-7-8;/h1,3-4,7,12H,2,5-6H2,(H,11,13);1H/p-1. The minimum atomic E-state index is -0.151. The Balaban J connectivity index is 0.00000169. The summed E-state index contributed by atoms with van der Waals surface area (Å²) in [5.74, 6) is -0.151. The second-order valence-corrected chi connectivity index (χ2v) is 2.57. The zero-order chi connectivity index (χ0) is 9.52. The molecule has 1 aromatic rings. The first-order valence-electron chi connectivity index (χ1n) is 4.13. The van der Waals surface area contributed by atoms with E-state index in [1.54, 1.807) is 18.3 Å². The lowest BCUT2D eigenvalue weighted by Crippen LogP contribution is -3.00. The van der Waals surface area contributed by atoms with E-state index in [9.17, 15) is 4.79 Å². The first kappa shape index (κ1) is 12.9. The third-order valence-electron chi connectivity index (χ3n) is 1.54. The molecule has 5 heteroatoms. The molecule has 0 aliphatic rings. The number of hydrogen-bond acceptors (Lipinski definition) is 3. The lowest BCUT2D eigenvalue weighted by atomic mass is 10.2. The maximum absolute atomic E-state index is 11.3. The van der Waals surface area contributed by atoms with Gasteiger partial charge in [-0.25, -0.2) is 0 Å². The average Bonchev–Trinajstić information content (AvgIpc) is 2.19. The molecule has 0 unspecified atom stereocenters. The van der Waals surface area contributed by atoms with Gasteiger partial charge in [0.1, 0.15) is 0 Å². The molecule has 0 fully saturated rings. The summed E-state index contributed by atoms with van der Waals surface area (Å²) in [6.45, 7) is 0.581. The van der Waals surface area contributed by atoms with Crippen LogP contribution in [0.2, 0.25) is 0 Å². The van der Waals surface area contributed by atoms with Gasteiger partial charge in [-0.05, 0) is 18.6 Å². The highest BCUT2D eigenvalue weighted by molar-refractivity contribution is 5.93. The number of carbonyl (C=O) groups is 1. The third-order valence-corrected chi connectivity index (χ3v) is 1.54. The maximum Gasteiger partial charge on any atom is 0.252 e. The highest BCUT2D eigenvalue weighted by Crippen LogP contribution is 1.94. The number of carbonyl (C=O) groups excluding carboxylic acids is 1. The molecular formula is C9H12ClN2O2-. The van der Waals surface area contributed by atoms with Gasteiger partial charge in [-0.2, -0.15) is 0 Å². The quantitative estimate of drug-likeness (QED) is 0.534. The summed E-state index contributed by atoms with van der Waals surface area (Å²) < 4.78 is 0. The van der Waals surface area contributed by atoms with Crippen LogP contribution >= 0.6 is 0 Å². The molecule has 1 heterocycles. The van der Waals surface area contributed by atoms with Crippen molar-refractivity contribution in [1.29, 1.82) is 0 Å². The van der Waals surface area contributed by atoms with Gasteiger partial charge in [0.05, 0.1) is 5.56 Å². The Morgan fingerprint density at radius 3 is 2.93 bits per heavy atom. The van der Waals surface area contributed by atoms with Crippen LogP contribution in [-0.2, 0) is 0 Å². The molecule has 0 bridgehead atoms. The third kappa shape index (κ3) is 4.20. The van der Waals surface area contributed by atoms with Gasteiger partial charge in [0.2, 0.25) is 0 Å². The largest absolute Gasteiger partial charge is 1.00 e. The van der Waals surface area contributed by atoms with Crippen molar-refractivity contribution in [2.75, 3.05) is 13.2 Å². The van der Waals surface area contributed by atoms with E-state index in [0.717, 1.165) is 0 Å². The molecule has 0 radical (unpaired) electrons. The minimum absolute atomic E-state index is 0. The predicted molar refractivity (Wildman–Crippen MR) is 48.3 cm³/mol. The van der Waals surface area contributed by atoms with E-state index in [-0.39, 0.29) is 24.9 Å². The van der Waals surface area contributed by atoms with Crippen molar-refractivity contribution in [2.24, 2.45) is 0 Å². The Hall–Kier alpha value is -1.13. The van der Waals surface area contributed by atoms with Gasteiger partial charge in [0, 0.05) is 25.5 Å². The molecule has 0 saturated carbocycles. The summed E-state index contributed by atoms with van der Waals surface area (Å²) in [6.07, 6.45) is 3.70. The summed E-state index contributed by atoms with van der Waals surface area (Å²) in [4.78, 5) is 15.1. The molecule has 4 nitrogen and oxygen atoms in total. The molecule has 0 aliphatic heterocycles. The van der Waals surface area contributed by atoms with Crippen molar-refractivity contribution in [2.45, 2.75) is 6.42 Å². The lowest BCUT2D eigenvalue weighted by Gasteiger charge is -2.02. The van der Waals surface area contributed by atoms with Crippen molar-refractivity contribution < 1.29 is 22.3 Å². The molecule has 0 atom stereocenters. The number of hydrogen-bond donors (Lipinski definition) is 2. The molecule has 0 saturated heterocycles. The van der Waals surface area contributed by atoms with E-state index < -0.39 is 0 Å². The average molecular weight is 216 g/mol. The maximum atomic E-state index is 11.3. The number of rotatable bonds is 4. The van der Waals surface area contributed by atoms with Gasteiger partial charge >= 0.3 is 0 Å². The van der Waals surface area contributed by atoms with Crippen LogP contribution in [-0.4, -0.2) is 29.1 Å². The SMILES string of the molecule is O=C(NCCCO)c1cccnc1.[Cl-]. The Labute approximate surface area is 88.8 Å². The Kier molecular flexibility index (Phi) is 6.70. The zero-order valence-electron chi connectivity index (χ0n) is 7.61. The van der Waals surface area contributed by atoms with Crippen LogP contribution in [0.5, 0.6) is 0 Å². The summed E-state index contributed by atoms with van der Waals surface area (Å²) in [5, 5.41) is 11.1. The fraction of sp³-hybridized carbons (Fsp3) is 0.333. The fourth-order valence-electron chi connectivity index (χ4n) is 0.880. The number of pyridine rings is 1. The van der Waals surface area contributed by atoms with Gasteiger partial charge in [-0.15, -0.1) is 0 Å². The highest BCUT2D eigenvalue weighted by atomic mass is 35.5. The molecule has 14 heavy (non-hydrogen) atoms. The van der Waals surface area contributed by atoms with E-state index in [2.05, 4.69) is 10.3 Å². The smallest absolute Gasteiger partial charge is 0.252 e. The molecule has 0 spiro atoms.